The number of carboxylic acids is 1. The predicted molar refractivity (Wildman–Crippen MR) is 78.6 cm³/mol. The lowest BCUT2D eigenvalue weighted by Crippen LogP contribution is -2.28. The van der Waals surface area contributed by atoms with Gasteiger partial charge in [0.25, 0.3) is 5.91 Å². The molecule has 0 radical (unpaired) electrons. The summed E-state index contributed by atoms with van der Waals surface area (Å²) < 4.78 is 11.8. The fourth-order valence-electron chi connectivity index (χ4n) is 2.34. The molecule has 23 heavy (non-hydrogen) atoms. The van der Waals surface area contributed by atoms with E-state index in [1.807, 2.05) is 6.07 Å². The zero-order valence-electron chi connectivity index (χ0n) is 12.6. The Hall–Kier alpha value is -3.03. The number of ether oxygens (including phenoxy) is 2. The van der Waals surface area contributed by atoms with Crippen molar-refractivity contribution in [3.8, 4) is 11.5 Å². The number of carboxylic acid groups (broad SMARTS) is 1. The normalized spacial score (nSPS) is 13.7. The minimum atomic E-state index is -1.20. The fraction of sp³-hybridized carbons (Fsp3) is 0.267. The molecule has 1 aromatic heterocycles. The first-order chi connectivity index (χ1) is 11.0. The molecule has 2 aromatic rings. The summed E-state index contributed by atoms with van der Waals surface area (Å²) in [6.45, 7) is 1.97. The van der Waals surface area contributed by atoms with Crippen molar-refractivity contribution < 1.29 is 24.2 Å². The summed E-state index contributed by atoms with van der Waals surface area (Å²) >= 11 is 0. The first-order valence-electron chi connectivity index (χ1n) is 6.93. The van der Waals surface area contributed by atoms with Gasteiger partial charge in [-0.2, -0.15) is 5.10 Å². The van der Waals surface area contributed by atoms with E-state index in [0.717, 1.165) is 5.56 Å². The van der Waals surface area contributed by atoms with Gasteiger partial charge in [-0.25, -0.2) is 4.79 Å². The molecule has 0 aliphatic carbocycles. The summed E-state index contributed by atoms with van der Waals surface area (Å²) in [6.07, 6.45) is 1.29. The SMILES string of the molecule is CC(NC(=O)c1nn(C)cc1C(=O)O)c1ccc2c(c1)OCO2. The van der Waals surface area contributed by atoms with Crippen LogP contribution in [-0.2, 0) is 7.05 Å². The average molecular weight is 317 g/mol. The van der Waals surface area contributed by atoms with Crippen molar-refractivity contribution in [3.05, 3.63) is 41.2 Å². The summed E-state index contributed by atoms with van der Waals surface area (Å²) in [4.78, 5) is 23.5. The van der Waals surface area contributed by atoms with Crippen molar-refractivity contribution in [2.24, 2.45) is 7.05 Å². The minimum Gasteiger partial charge on any atom is -0.478 e. The second-order valence-electron chi connectivity index (χ2n) is 5.18. The van der Waals surface area contributed by atoms with Crippen molar-refractivity contribution in [1.29, 1.82) is 0 Å². The van der Waals surface area contributed by atoms with Gasteiger partial charge in [0.1, 0.15) is 5.56 Å². The number of nitrogens with one attached hydrogen (secondary N) is 1. The number of carbonyl (C=O) groups excluding carboxylic acids is 1. The lowest BCUT2D eigenvalue weighted by atomic mass is 10.1. The third-order valence-corrected chi connectivity index (χ3v) is 3.52. The van der Waals surface area contributed by atoms with Gasteiger partial charge in [-0.3, -0.25) is 9.48 Å². The lowest BCUT2D eigenvalue weighted by molar-refractivity contribution is 0.0690. The maximum atomic E-state index is 12.3. The second kappa shape index (κ2) is 5.64. The number of hydrogen-bond acceptors (Lipinski definition) is 5. The van der Waals surface area contributed by atoms with Gasteiger partial charge >= 0.3 is 5.97 Å². The van der Waals surface area contributed by atoms with Crippen molar-refractivity contribution in [1.82, 2.24) is 15.1 Å². The highest BCUT2D eigenvalue weighted by atomic mass is 16.7. The standard InChI is InChI=1S/C15H15N3O5/c1-8(9-3-4-11-12(5-9)23-7-22-11)16-14(19)13-10(15(20)21)6-18(2)17-13/h3-6,8H,7H2,1-2H3,(H,16,19)(H,20,21). The molecule has 120 valence electrons. The number of rotatable bonds is 4. The number of aromatic nitrogens is 2. The topological polar surface area (TPSA) is 103 Å². The number of amides is 1. The van der Waals surface area contributed by atoms with E-state index in [2.05, 4.69) is 10.4 Å². The van der Waals surface area contributed by atoms with Crippen molar-refractivity contribution in [3.63, 3.8) is 0 Å². The van der Waals surface area contributed by atoms with E-state index in [0.29, 0.717) is 11.5 Å². The number of hydrogen-bond donors (Lipinski definition) is 2. The number of aryl methyl sites for hydroxylation is 1. The van der Waals surface area contributed by atoms with Crippen LogP contribution in [0.15, 0.2) is 24.4 Å². The molecule has 1 unspecified atom stereocenters. The molecule has 2 N–H and O–H groups in total. The second-order valence-corrected chi connectivity index (χ2v) is 5.18. The molecular formula is C15H15N3O5. The van der Waals surface area contributed by atoms with Gasteiger partial charge < -0.3 is 19.9 Å². The van der Waals surface area contributed by atoms with E-state index in [-0.39, 0.29) is 24.1 Å². The summed E-state index contributed by atoms with van der Waals surface area (Å²) in [6, 6.07) is 5.02. The highest BCUT2D eigenvalue weighted by Crippen LogP contribution is 2.34. The van der Waals surface area contributed by atoms with E-state index >= 15 is 0 Å². The Balaban J connectivity index is 1.79. The Labute approximate surface area is 131 Å². The van der Waals surface area contributed by atoms with Crippen LogP contribution in [0, 0.1) is 0 Å². The van der Waals surface area contributed by atoms with E-state index in [4.69, 9.17) is 14.6 Å². The zero-order valence-corrected chi connectivity index (χ0v) is 12.6. The molecule has 0 fully saturated rings. The Kier molecular flexibility index (Phi) is 3.65. The van der Waals surface area contributed by atoms with Gasteiger partial charge in [0.15, 0.2) is 17.2 Å². The van der Waals surface area contributed by atoms with Gasteiger partial charge in [0.05, 0.1) is 6.04 Å². The molecule has 8 nitrogen and oxygen atoms in total. The molecule has 1 aliphatic rings. The molecule has 8 heteroatoms. The summed E-state index contributed by atoms with van der Waals surface area (Å²) in [5, 5.41) is 15.8. The Bertz CT molecular complexity index is 783. The van der Waals surface area contributed by atoms with Crippen LogP contribution >= 0.6 is 0 Å². The predicted octanol–water partition coefficient (Wildman–Crippen LogP) is 1.34. The van der Waals surface area contributed by atoms with Crippen molar-refractivity contribution in [2.45, 2.75) is 13.0 Å². The van der Waals surface area contributed by atoms with E-state index in [9.17, 15) is 9.59 Å². The molecule has 1 aliphatic heterocycles. The van der Waals surface area contributed by atoms with Crippen LogP contribution in [0.25, 0.3) is 0 Å². The highest BCUT2D eigenvalue weighted by molar-refractivity contribution is 6.03. The van der Waals surface area contributed by atoms with Crippen LogP contribution in [0.2, 0.25) is 0 Å². The van der Waals surface area contributed by atoms with E-state index < -0.39 is 11.9 Å². The molecule has 0 spiro atoms. The van der Waals surface area contributed by atoms with Crippen LogP contribution in [-0.4, -0.2) is 33.6 Å². The molecule has 3 rings (SSSR count). The largest absolute Gasteiger partial charge is 0.478 e. The smallest absolute Gasteiger partial charge is 0.339 e. The minimum absolute atomic E-state index is 0.118. The van der Waals surface area contributed by atoms with Crippen LogP contribution in [0.5, 0.6) is 11.5 Å². The van der Waals surface area contributed by atoms with Crippen LogP contribution in [0.4, 0.5) is 0 Å². The summed E-state index contributed by atoms with van der Waals surface area (Å²) in [5.41, 5.74) is 0.561. The molecule has 2 heterocycles. The van der Waals surface area contributed by atoms with Gasteiger partial charge in [-0.1, -0.05) is 6.07 Å². The summed E-state index contributed by atoms with van der Waals surface area (Å²) in [7, 11) is 1.56. The third kappa shape index (κ3) is 2.83. The lowest BCUT2D eigenvalue weighted by Gasteiger charge is -2.14. The Morgan fingerprint density at radius 3 is 2.83 bits per heavy atom. The summed E-state index contributed by atoms with van der Waals surface area (Å²) in [5.74, 6) is -0.468. The monoisotopic (exact) mass is 317 g/mol. The maximum Gasteiger partial charge on any atom is 0.339 e. The molecule has 0 saturated carbocycles. The number of aromatic carboxylic acids is 1. The molecular weight excluding hydrogens is 302 g/mol. The van der Waals surface area contributed by atoms with Crippen molar-refractivity contribution >= 4 is 11.9 Å². The van der Waals surface area contributed by atoms with E-state index in [1.165, 1.54) is 10.9 Å². The van der Waals surface area contributed by atoms with Gasteiger partial charge in [0.2, 0.25) is 6.79 Å². The number of carbonyl (C=O) groups is 2. The third-order valence-electron chi connectivity index (χ3n) is 3.52. The van der Waals surface area contributed by atoms with E-state index in [1.54, 1.807) is 26.1 Å². The number of benzene rings is 1. The number of fused-ring (bicyclic) bond motifs is 1. The fourth-order valence-corrected chi connectivity index (χ4v) is 2.34. The quantitative estimate of drug-likeness (QED) is 0.882. The van der Waals surface area contributed by atoms with Crippen LogP contribution in [0.3, 0.4) is 0 Å². The maximum absolute atomic E-state index is 12.3. The molecule has 1 atom stereocenters. The Morgan fingerprint density at radius 1 is 1.35 bits per heavy atom. The van der Waals surface area contributed by atoms with Crippen LogP contribution in [0.1, 0.15) is 39.4 Å². The first kappa shape index (κ1) is 14.9. The zero-order chi connectivity index (χ0) is 16.6. The number of nitrogens with zero attached hydrogens (tertiary/aromatic N) is 2. The van der Waals surface area contributed by atoms with Crippen LogP contribution < -0.4 is 14.8 Å². The first-order valence-corrected chi connectivity index (χ1v) is 6.93. The highest BCUT2D eigenvalue weighted by Gasteiger charge is 2.23. The van der Waals surface area contributed by atoms with Gasteiger partial charge in [-0.05, 0) is 24.6 Å². The molecule has 1 amide bonds. The molecule has 0 bridgehead atoms. The van der Waals surface area contributed by atoms with Gasteiger partial charge in [0, 0.05) is 13.2 Å². The van der Waals surface area contributed by atoms with Crippen molar-refractivity contribution in [2.75, 3.05) is 6.79 Å². The molecule has 0 saturated heterocycles. The molecule has 1 aromatic carbocycles. The average Bonchev–Trinajstić information content (AvgIpc) is 3.12. The Morgan fingerprint density at radius 2 is 2.09 bits per heavy atom. The van der Waals surface area contributed by atoms with Gasteiger partial charge in [-0.15, -0.1) is 0 Å².